The van der Waals surface area contributed by atoms with Crippen LogP contribution in [0.5, 0.6) is 0 Å². The molecular formula is C15H18N2O. The van der Waals surface area contributed by atoms with E-state index >= 15 is 0 Å². The molecule has 0 saturated heterocycles. The first-order valence-electron chi connectivity index (χ1n) is 6.55. The Morgan fingerprint density at radius 2 is 1.72 bits per heavy atom. The molecule has 18 heavy (non-hydrogen) atoms. The van der Waals surface area contributed by atoms with Crippen LogP contribution in [0.2, 0.25) is 0 Å². The molecule has 1 fully saturated rings. The molecule has 3 heteroatoms. The van der Waals surface area contributed by atoms with Gasteiger partial charge in [0.05, 0.1) is 6.07 Å². The molecule has 0 heterocycles. The Balaban J connectivity index is 2.12. The van der Waals surface area contributed by atoms with Crippen LogP contribution in [0.4, 0.5) is 5.69 Å². The quantitative estimate of drug-likeness (QED) is 0.807. The van der Waals surface area contributed by atoms with Crippen LogP contribution in [0, 0.1) is 16.7 Å². The highest BCUT2D eigenvalue weighted by molar-refractivity contribution is 5.97. The third-order valence-corrected chi connectivity index (χ3v) is 3.64. The van der Waals surface area contributed by atoms with E-state index in [1.807, 2.05) is 30.3 Å². The second-order valence-corrected chi connectivity index (χ2v) is 4.93. The lowest BCUT2D eigenvalue weighted by Crippen LogP contribution is -2.34. The first-order valence-corrected chi connectivity index (χ1v) is 6.55. The van der Waals surface area contributed by atoms with Crippen molar-refractivity contribution >= 4 is 11.6 Å². The first kappa shape index (κ1) is 12.6. The van der Waals surface area contributed by atoms with Crippen molar-refractivity contribution in [3.63, 3.8) is 0 Å². The van der Waals surface area contributed by atoms with E-state index in [-0.39, 0.29) is 5.91 Å². The molecular weight excluding hydrogens is 224 g/mol. The van der Waals surface area contributed by atoms with Gasteiger partial charge in [0.1, 0.15) is 5.41 Å². The maximum atomic E-state index is 12.3. The van der Waals surface area contributed by atoms with Gasteiger partial charge in [0, 0.05) is 5.69 Å². The van der Waals surface area contributed by atoms with Gasteiger partial charge in [-0.3, -0.25) is 4.79 Å². The van der Waals surface area contributed by atoms with Crippen LogP contribution in [0.25, 0.3) is 0 Å². The largest absolute Gasteiger partial charge is 0.325 e. The van der Waals surface area contributed by atoms with E-state index in [0.29, 0.717) is 12.8 Å². The topological polar surface area (TPSA) is 52.9 Å². The Labute approximate surface area is 108 Å². The molecule has 0 aliphatic heterocycles. The number of para-hydroxylation sites is 1. The molecule has 1 aliphatic rings. The smallest absolute Gasteiger partial charge is 0.244 e. The summed E-state index contributed by atoms with van der Waals surface area (Å²) in [4.78, 5) is 12.3. The number of amides is 1. The van der Waals surface area contributed by atoms with Gasteiger partial charge in [0.2, 0.25) is 5.91 Å². The van der Waals surface area contributed by atoms with Gasteiger partial charge in [0.25, 0.3) is 0 Å². The molecule has 0 aromatic heterocycles. The van der Waals surface area contributed by atoms with Crippen molar-refractivity contribution in [2.45, 2.75) is 38.5 Å². The fourth-order valence-corrected chi connectivity index (χ4v) is 2.49. The molecule has 0 bridgehead atoms. The standard InChI is InChI=1S/C15H18N2O/c16-12-15(10-6-1-2-7-11-15)14(18)17-13-8-4-3-5-9-13/h3-5,8-9H,1-2,6-7,10-11H2,(H,17,18). The zero-order valence-corrected chi connectivity index (χ0v) is 10.5. The number of rotatable bonds is 2. The number of nitrogens with one attached hydrogen (secondary N) is 1. The van der Waals surface area contributed by atoms with Crippen molar-refractivity contribution in [2.24, 2.45) is 5.41 Å². The van der Waals surface area contributed by atoms with E-state index in [4.69, 9.17) is 0 Å². The van der Waals surface area contributed by atoms with Gasteiger partial charge in [-0.25, -0.2) is 0 Å². The Bertz CT molecular complexity index is 439. The van der Waals surface area contributed by atoms with Gasteiger partial charge < -0.3 is 5.32 Å². The van der Waals surface area contributed by atoms with Crippen LogP contribution in [0.3, 0.4) is 0 Å². The number of carbonyl (C=O) groups is 1. The minimum absolute atomic E-state index is 0.141. The van der Waals surface area contributed by atoms with Crippen molar-refractivity contribution < 1.29 is 4.79 Å². The Morgan fingerprint density at radius 3 is 2.28 bits per heavy atom. The van der Waals surface area contributed by atoms with Crippen molar-refractivity contribution in [3.8, 4) is 6.07 Å². The molecule has 0 atom stereocenters. The van der Waals surface area contributed by atoms with E-state index < -0.39 is 5.41 Å². The van der Waals surface area contributed by atoms with Crippen LogP contribution >= 0.6 is 0 Å². The third kappa shape index (κ3) is 2.70. The highest BCUT2D eigenvalue weighted by Crippen LogP contribution is 2.35. The minimum atomic E-state index is -0.827. The summed E-state index contributed by atoms with van der Waals surface area (Å²) in [5, 5.41) is 12.3. The minimum Gasteiger partial charge on any atom is -0.325 e. The fourth-order valence-electron chi connectivity index (χ4n) is 2.49. The van der Waals surface area contributed by atoms with Crippen molar-refractivity contribution in [1.82, 2.24) is 0 Å². The molecule has 1 N–H and O–H groups in total. The molecule has 0 spiro atoms. The van der Waals surface area contributed by atoms with E-state index in [1.54, 1.807) is 0 Å². The molecule has 0 radical (unpaired) electrons. The Morgan fingerprint density at radius 1 is 1.11 bits per heavy atom. The molecule has 0 unspecified atom stereocenters. The Hall–Kier alpha value is -1.82. The monoisotopic (exact) mass is 242 g/mol. The maximum absolute atomic E-state index is 12.3. The highest BCUT2D eigenvalue weighted by atomic mass is 16.2. The molecule has 1 saturated carbocycles. The SMILES string of the molecule is N#CC1(C(=O)Nc2ccccc2)CCCCCC1. The number of anilines is 1. The van der Waals surface area contributed by atoms with E-state index in [2.05, 4.69) is 11.4 Å². The average molecular weight is 242 g/mol. The summed E-state index contributed by atoms with van der Waals surface area (Å²) in [5.41, 5.74) is -0.0619. The summed E-state index contributed by atoms with van der Waals surface area (Å²) in [6.45, 7) is 0. The lowest BCUT2D eigenvalue weighted by Gasteiger charge is -2.23. The molecule has 1 aromatic rings. The highest BCUT2D eigenvalue weighted by Gasteiger charge is 2.38. The predicted molar refractivity (Wildman–Crippen MR) is 70.8 cm³/mol. The molecule has 94 valence electrons. The summed E-state index contributed by atoms with van der Waals surface area (Å²) in [6, 6.07) is 11.6. The lowest BCUT2D eigenvalue weighted by atomic mass is 9.81. The van der Waals surface area contributed by atoms with Gasteiger partial charge in [-0.15, -0.1) is 0 Å². The molecule has 1 aliphatic carbocycles. The van der Waals surface area contributed by atoms with Crippen LogP contribution in [-0.4, -0.2) is 5.91 Å². The summed E-state index contributed by atoms with van der Waals surface area (Å²) >= 11 is 0. The second kappa shape index (κ2) is 5.68. The van der Waals surface area contributed by atoms with Crippen LogP contribution in [0.15, 0.2) is 30.3 Å². The number of hydrogen-bond acceptors (Lipinski definition) is 2. The van der Waals surface area contributed by atoms with Gasteiger partial charge in [0.15, 0.2) is 0 Å². The molecule has 2 rings (SSSR count). The zero-order valence-electron chi connectivity index (χ0n) is 10.5. The van der Waals surface area contributed by atoms with Crippen LogP contribution in [-0.2, 0) is 4.79 Å². The average Bonchev–Trinajstić information content (AvgIpc) is 2.66. The third-order valence-electron chi connectivity index (χ3n) is 3.64. The summed E-state index contributed by atoms with van der Waals surface area (Å²) in [5.74, 6) is -0.141. The Kier molecular flexibility index (Phi) is 3.99. The first-order chi connectivity index (χ1) is 8.77. The number of nitriles is 1. The molecule has 1 aromatic carbocycles. The normalized spacial score (nSPS) is 18.4. The van der Waals surface area contributed by atoms with Gasteiger partial charge in [-0.05, 0) is 25.0 Å². The van der Waals surface area contributed by atoms with E-state index in [9.17, 15) is 10.1 Å². The maximum Gasteiger partial charge on any atom is 0.244 e. The zero-order chi connectivity index (χ0) is 12.8. The fraction of sp³-hybridized carbons (Fsp3) is 0.467. The van der Waals surface area contributed by atoms with Crippen molar-refractivity contribution in [3.05, 3.63) is 30.3 Å². The molecule has 3 nitrogen and oxygen atoms in total. The number of nitrogens with zero attached hydrogens (tertiary/aromatic N) is 1. The van der Waals surface area contributed by atoms with E-state index in [1.165, 1.54) is 0 Å². The predicted octanol–water partition coefficient (Wildman–Crippen LogP) is 3.49. The van der Waals surface area contributed by atoms with Crippen molar-refractivity contribution in [2.75, 3.05) is 5.32 Å². The summed E-state index contributed by atoms with van der Waals surface area (Å²) in [7, 11) is 0. The van der Waals surface area contributed by atoms with Gasteiger partial charge >= 0.3 is 0 Å². The summed E-state index contributed by atoms with van der Waals surface area (Å²) < 4.78 is 0. The van der Waals surface area contributed by atoms with Crippen molar-refractivity contribution in [1.29, 1.82) is 5.26 Å². The van der Waals surface area contributed by atoms with Crippen LogP contribution < -0.4 is 5.32 Å². The van der Waals surface area contributed by atoms with Gasteiger partial charge in [-0.1, -0.05) is 43.9 Å². The van der Waals surface area contributed by atoms with E-state index in [0.717, 1.165) is 31.4 Å². The second-order valence-electron chi connectivity index (χ2n) is 4.93. The molecule has 1 amide bonds. The van der Waals surface area contributed by atoms with Gasteiger partial charge in [-0.2, -0.15) is 5.26 Å². The number of hydrogen-bond donors (Lipinski definition) is 1. The van der Waals surface area contributed by atoms with Crippen LogP contribution in [0.1, 0.15) is 38.5 Å². The number of benzene rings is 1. The number of carbonyl (C=O) groups excluding carboxylic acids is 1. The summed E-state index contributed by atoms with van der Waals surface area (Å²) in [6.07, 6.45) is 5.56. The lowest BCUT2D eigenvalue weighted by molar-refractivity contribution is -0.123.